The van der Waals surface area contributed by atoms with E-state index < -0.39 is 6.10 Å². The topological polar surface area (TPSA) is 73.9 Å². The summed E-state index contributed by atoms with van der Waals surface area (Å²) in [5, 5.41) is 10.4. The molecule has 2 atom stereocenters. The van der Waals surface area contributed by atoms with E-state index >= 15 is 0 Å². The number of rotatable bonds is 6. The van der Waals surface area contributed by atoms with Gasteiger partial charge in [0.25, 0.3) is 0 Å². The fourth-order valence-electron chi connectivity index (χ4n) is 1.93. The third-order valence-electron chi connectivity index (χ3n) is 3.19. The van der Waals surface area contributed by atoms with Gasteiger partial charge in [0.1, 0.15) is 0 Å². The summed E-state index contributed by atoms with van der Waals surface area (Å²) in [5.41, 5.74) is 6.60. The number of methoxy groups -OCH3 is 3. The largest absolute Gasteiger partial charge is 0.493 e. The Labute approximate surface area is 114 Å². The van der Waals surface area contributed by atoms with Crippen LogP contribution in [0.2, 0.25) is 0 Å². The van der Waals surface area contributed by atoms with E-state index in [0.29, 0.717) is 22.8 Å². The molecule has 0 saturated carbocycles. The van der Waals surface area contributed by atoms with Crippen LogP contribution < -0.4 is 19.9 Å². The zero-order valence-corrected chi connectivity index (χ0v) is 12.1. The Hall–Kier alpha value is -1.46. The van der Waals surface area contributed by atoms with Gasteiger partial charge in [-0.05, 0) is 18.1 Å². The Morgan fingerprint density at radius 2 is 1.58 bits per heavy atom. The third kappa shape index (κ3) is 3.11. The van der Waals surface area contributed by atoms with E-state index in [2.05, 4.69) is 0 Å². The van der Waals surface area contributed by atoms with Gasteiger partial charge in [0.2, 0.25) is 5.75 Å². The summed E-state index contributed by atoms with van der Waals surface area (Å²) >= 11 is 0. The first-order valence-electron chi connectivity index (χ1n) is 6.20. The van der Waals surface area contributed by atoms with Crippen molar-refractivity contribution in [2.45, 2.75) is 26.0 Å². The predicted octanol–water partition coefficient (Wildman–Crippen LogP) is 1.73. The van der Waals surface area contributed by atoms with Crippen molar-refractivity contribution in [1.82, 2.24) is 0 Å². The zero-order chi connectivity index (χ0) is 14.6. The molecular weight excluding hydrogens is 246 g/mol. The first-order valence-corrected chi connectivity index (χ1v) is 6.20. The van der Waals surface area contributed by atoms with Gasteiger partial charge < -0.3 is 25.1 Å². The van der Waals surface area contributed by atoms with E-state index in [1.54, 1.807) is 19.2 Å². The van der Waals surface area contributed by atoms with Crippen molar-refractivity contribution in [1.29, 1.82) is 0 Å². The lowest BCUT2D eigenvalue weighted by atomic mass is 9.93. The highest BCUT2D eigenvalue weighted by molar-refractivity contribution is 5.56. The molecule has 19 heavy (non-hydrogen) atoms. The molecule has 0 amide bonds. The molecule has 0 bridgehead atoms. The van der Waals surface area contributed by atoms with Crippen LogP contribution in [0.3, 0.4) is 0 Å². The summed E-state index contributed by atoms with van der Waals surface area (Å²) in [6, 6.07) is 3.09. The maximum absolute atomic E-state index is 10.4. The first-order chi connectivity index (χ1) is 8.97. The maximum atomic E-state index is 10.4. The molecule has 3 N–H and O–H groups in total. The van der Waals surface area contributed by atoms with Crippen molar-refractivity contribution in [3.8, 4) is 17.2 Å². The molecule has 0 aliphatic heterocycles. The lowest BCUT2D eigenvalue weighted by Gasteiger charge is -2.25. The van der Waals surface area contributed by atoms with Crippen LogP contribution in [0, 0.1) is 5.92 Å². The SMILES string of the molecule is COc1ccc(C(O)C(N)C(C)C)c(OC)c1OC. The molecule has 0 fully saturated rings. The van der Waals surface area contributed by atoms with E-state index in [-0.39, 0.29) is 12.0 Å². The van der Waals surface area contributed by atoms with Crippen LogP contribution in [0.5, 0.6) is 17.2 Å². The molecule has 2 unspecified atom stereocenters. The average Bonchev–Trinajstić information content (AvgIpc) is 2.43. The fourth-order valence-corrected chi connectivity index (χ4v) is 1.93. The molecular formula is C14H23NO4. The molecule has 1 aromatic carbocycles. The van der Waals surface area contributed by atoms with E-state index in [0.717, 1.165) is 0 Å². The van der Waals surface area contributed by atoms with E-state index in [1.165, 1.54) is 14.2 Å². The number of hydrogen-bond donors (Lipinski definition) is 2. The second-order valence-electron chi connectivity index (χ2n) is 4.69. The lowest BCUT2D eigenvalue weighted by molar-refractivity contribution is 0.122. The Bertz CT molecular complexity index is 420. The number of benzene rings is 1. The Balaban J connectivity index is 3.28. The van der Waals surface area contributed by atoms with E-state index in [1.807, 2.05) is 13.8 Å². The Morgan fingerprint density at radius 1 is 1.00 bits per heavy atom. The highest BCUT2D eigenvalue weighted by Crippen LogP contribution is 2.42. The van der Waals surface area contributed by atoms with Crippen LogP contribution >= 0.6 is 0 Å². The minimum Gasteiger partial charge on any atom is -0.493 e. The van der Waals surface area contributed by atoms with Gasteiger partial charge in [0.05, 0.1) is 27.4 Å². The molecule has 1 aromatic rings. The van der Waals surface area contributed by atoms with Crippen LogP contribution in [-0.2, 0) is 0 Å². The number of aliphatic hydroxyl groups is 1. The predicted molar refractivity (Wildman–Crippen MR) is 73.9 cm³/mol. The van der Waals surface area contributed by atoms with Gasteiger partial charge in [0.15, 0.2) is 11.5 Å². The summed E-state index contributed by atoms with van der Waals surface area (Å²) < 4.78 is 15.8. The van der Waals surface area contributed by atoms with Crippen molar-refractivity contribution in [2.75, 3.05) is 21.3 Å². The maximum Gasteiger partial charge on any atom is 0.203 e. The summed E-state index contributed by atoms with van der Waals surface area (Å²) in [5.74, 6) is 1.60. The van der Waals surface area contributed by atoms with Crippen molar-refractivity contribution >= 4 is 0 Å². The molecule has 5 heteroatoms. The summed E-state index contributed by atoms with van der Waals surface area (Å²) in [4.78, 5) is 0. The molecule has 0 heterocycles. The average molecular weight is 269 g/mol. The molecule has 0 aromatic heterocycles. The van der Waals surface area contributed by atoms with Gasteiger partial charge in [0, 0.05) is 11.6 Å². The van der Waals surface area contributed by atoms with Crippen molar-refractivity contribution in [2.24, 2.45) is 11.7 Å². The van der Waals surface area contributed by atoms with Gasteiger partial charge in [-0.25, -0.2) is 0 Å². The molecule has 108 valence electrons. The summed E-state index contributed by atoms with van der Waals surface area (Å²) in [7, 11) is 4.60. The van der Waals surface area contributed by atoms with Gasteiger partial charge in [-0.2, -0.15) is 0 Å². The highest BCUT2D eigenvalue weighted by atomic mass is 16.5. The smallest absolute Gasteiger partial charge is 0.203 e. The first kappa shape index (κ1) is 15.6. The molecule has 0 aliphatic rings. The lowest BCUT2D eigenvalue weighted by Crippen LogP contribution is -2.33. The van der Waals surface area contributed by atoms with Crippen LogP contribution in [0.1, 0.15) is 25.5 Å². The number of ether oxygens (including phenoxy) is 3. The second-order valence-corrected chi connectivity index (χ2v) is 4.69. The quantitative estimate of drug-likeness (QED) is 0.822. The van der Waals surface area contributed by atoms with Crippen LogP contribution in [-0.4, -0.2) is 32.5 Å². The molecule has 0 radical (unpaired) electrons. The fraction of sp³-hybridized carbons (Fsp3) is 0.571. The van der Waals surface area contributed by atoms with Crippen molar-refractivity contribution in [3.63, 3.8) is 0 Å². The number of aliphatic hydroxyl groups excluding tert-OH is 1. The molecule has 0 saturated heterocycles. The van der Waals surface area contributed by atoms with Crippen LogP contribution in [0.15, 0.2) is 12.1 Å². The molecule has 0 spiro atoms. The molecule has 0 aliphatic carbocycles. The van der Waals surface area contributed by atoms with Gasteiger partial charge in [-0.15, -0.1) is 0 Å². The summed E-state index contributed by atoms with van der Waals surface area (Å²) in [6.07, 6.45) is -0.824. The third-order valence-corrected chi connectivity index (χ3v) is 3.19. The summed E-state index contributed by atoms with van der Waals surface area (Å²) in [6.45, 7) is 3.92. The molecule has 5 nitrogen and oxygen atoms in total. The van der Waals surface area contributed by atoms with Crippen LogP contribution in [0.4, 0.5) is 0 Å². The monoisotopic (exact) mass is 269 g/mol. The minimum absolute atomic E-state index is 0.146. The van der Waals surface area contributed by atoms with Crippen molar-refractivity contribution in [3.05, 3.63) is 17.7 Å². The zero-order valence-electron chi connectivity index (χ0n) is 12.1. The number of hydrogen-bond acceptors (Lipinski definition) is 5. The van der Waals surface area contributed by atoms with Gasteiger partial charge >= 0.3 is 0 Å². The van der Waals surface area contributed by atoms with Crippen LogP contribution in [0.25, 0.3) is 0 Å². The van der Waals surface area contributed by atoms with E-state index in [4.69, 9.17) is 19.9 Å². The second kappa shape index (κ2) is 6.63. The molecule has 1 rings (SSSR count). The Morgan fingerprint density at radius 3 is 2.00 bits per heavy atom. The normalized spacial score (nSPS) is 14.1. The van der Waals surface area contributed by atoms with E-state index in [9.17, 15) is 5.11 Å². The van der Waals surface area contributed by atoms with Gasteiger partial charge in [-0.1, -0.05) is 13.8 Å². The minimum atomic E-state index is -0.824. The standard InChI is InChI=1S/C14H23NO4/c1-8(2)11(15)12(16)9-6-7-10(17-3)14(19-5)13(9)18-4/h6-8,11-12,16H,15H2,1-5H3. The Kier molecular flexibility index (Phi) is 5.44. The number of nitrogens with two attached hydrogens (primary N) is 1. The van der Waals surface area contributed by atoms with Crippen molar-refractivity contribution < 1.29 is 19.3 Å². The van der Waals surface area contributed by atoms with Gasteiger partial charge in [-0.3, -0.25) is 0 Å². The highest BCUT2D eigenvalue weighted by Gasteiger charge is 2.26.